The Hall–Kier alpha value is -1.45. The molecule has 1 aromatic heterocycles. The van der Waals surface area contributed by atoms with Crippen molar-refractivity contribution in [3.05, 3.63) is 57.3 Å². The van der Waals surface area contributed by atoms with Crippen LogP contribution >= 0.6 is 34.2 Å². The van der Waals surface area contributed by atoms with E-state index in [1.807, 2.05) is 0 Å². The Morgan fingerprint density at radius 1 is 1.09 bits per heavy atom. The fraction of sp³-hybridized carbons (Fsp3) is 0. The van der Waals surface area contributed by atoms with Crippen LogP contribution in [0.3, 0.4) is 0 Å². The molecule has 0 saturated heterocycles. The van der Waals surface area contributed by atoms with E-state index < -0.39 is 10.0 Å². The number of fused-ring (bicyclic) bond motifs is 1. The molecule has 0 radical (unpaired) electrons. The predicted octanol–water partition coefficient (Wildman–Crippen LogP) is 3.69. The lowest BCUT2D eigenvalue weighted by Crippen LogP contribution is -2.14. The Morgan fingerprint density at radius 3 is 2.55 bits per heavy atom. The summed E-state index contributed by atoms with van der Waals surface area (Å²) < 4.78 is 28.0. The zero-order chi connectivity index (χ0) is 15.7. The minimum Gasteiger partial charge on any atom is -0.262 e. The van der Waals surface area contributed by atoms with E-state index in [0.29, 0.717) is 16.1 Å². The molecule has 1 heterocycles. The lowest BCUT2D eigenvalue weighted by atomic mass is 10.3. The van der Waals surface area contributed by atoms with Crippen molar-refractivity contribution in [2.75, 3.05) is 4.72 Å². The summed E-state index contributed by atoms with van der Waals surface area (Å²) in [7, 11) is -3.70. The van der Waals surface area contributed by atoms with Gasteiger partial charge in [-0.15, -0.1) is 0 Å². The van der Waals surface area contributed by atoms with E-state index >= 15 is 0 Å². The second-order valence-corrected chi connectivity index (χ2v) is 7.76. The highest BCUT2D eigenvalue weighted by Crippen LogP contribution is 2.22. The van der Waals surface area contributed by atoms with Gasteiger partial charge in [0.2, 0.25) is 0 Å². The lowest BCUT2D eigenvalue weighted by molar-refractivity contribution is 0.601. The van der Waals surface area contributed by atoms with Gasteiger partial charge < -0.3 is 0 Å². The molecule has 1 N–H and O–H groups in total. The standard InChI is InChI=1S/C14H9ClIN3O2S/c15-11-2-1-3-12-14(11)17-8-13(18-12)19-22(20,21)10-6-4-9(16)5-7-10/h1-8H,(H,18,19). The van der Waals surface area contributed by atoms with Crippen LogP contribution in [0.4, 0.5) is 5.82 Å². The maximum atomic E-state index is 12.3. The number of benzene rings is 2. The summed E-state index contributed by atoms with van der Waals surface area (Å²) >= 11 is 8.12. The molecular formula is C14H9ClIN3O2S. The number of nitrogens with one attached hydrogen (secondary N) is 1. The third kappa shape index (κ3) is 3.16. The molecule has 0 saturated carbocycles. The maximum absolute atomic E-state index is 12.3. The van der Waals surface area contributed by atoms with Crippen LogP contribution in [0.25, 0.3) is 11.0 Å². The molecule has 5 nitrogen and oxygen atoms in total. The summed E-state index contributed by atoms with van der Waals surface area (Å²) in [5.74, 6) is 0.147. The lowest BCUT2D eigenvalue weighted by Gasteiger charge is -2.08. The van der Waals surface area contributed by atoms with Gasteiger partial charge >= 0.3 is 0 Å². The molecule has 0 aliphatic heterocycles. The van der Waals surface area contributed by atoms with E-state index in [0.717, 1.165) is 3.57 Å². The molecule has 8 heteroatoms. The number of hydrogen-bond acceptors (Lipinski definition) is 4. The van der Waals surface area contributed by atoms with Gasteiger partial charge in [0.1, 0.15) is 5.52 Å². The first kappa shape index (κ1) is 15.4. The molecule has 3 aromatic rings. The van der Waals surface area contributed by atoms with Gasteiger partial charge in [0, 0.05) is 3.57 Å². The molecular weight excluding hydrogens is 437 g/mol. The highest BCUT2D eigenvalue weighted by molar-refractivity contribution is 14.1. The first-order chi connectivity index (χ1) is 10.5. The fourth-order valence-electron chi connectivity index (χ4n) is 1.87. The van der Waals surface area contributed by atoms with Gasteiger partial charge in [-0.05, 0) is 59.0 Å². The highest BCUT2D eigenvalue weighted by atomic mass is 127. The number of sulfonamides is 1. The van der Waals surface area contributed by atoms with Crippen LogP contribution in [0.5, 0.6) is 0 Å². The number of nitrogens with zero attached hydrogens (tertiary/aromatic N) is 2. The number of rotatable bonds is 3. The molecule has 0 fully saturated rings. The summed E-state index contributed by atoms with van der Waals surface area (Å²) in [5.41, 5.74) is 1.05. The SMILES string of the molecule is O=S(=O)(Nc1cnc2c(Cl)cccc2n1)c1ccc(I)cc1. The van der Waals surface area contributed by atoms with Crippen LogP contribution in [0.2, 0.25) is 5.02 Å². The first-order valence-electron chi connectivity index (χ1n) is 6.15. The number of anilines is 1. The average Bonchev–Trinajstić information content (AvgIpc) is 2.47. The molecule has 0 aliphatic rings. The van der Waals surface area contributed by atoms with Crippen molar-refractivity contribution in [1.29, 1.82) is 0 Å². The molecule has 0 atom stereocenters. The fourth-order valence-corrected chi connectivity index (χ4v) is 3.43. The van der Waals surface area contributed by atoms with Crippen molar-refractivity contribution >= 4 is 61.1 Å². The van der Waals surface area contributed by atoms with E-state index in [2.05, 4.69) is 37.3 Å². The second-order valence-electron chi connectivity index (χ2n) is 4.42. The van der Waals surface area contributed by atoms with Gasteiger partial charge in [0.05, 0.1) is 21.6 Å². The normalized spacial score (nSPS) is 11.5. The summed E-state index contributed by atoms with van der Waals surface area (Å²) in [5, 5.41) is 0.469. The Balaban J connectivity index is 1.97. The maximum Gasteiger partial charge on any atom is 0.263 e. The Morgan fingerprint density at radius 2 is 1.82 bits per heavy atom. The zero-order valence-corrected chi connectivity index (χ0v) is 14.7. The van der Waals surface area contributed by atoms with Crippen LogP contribution in [0.15, 0.2) is 53.6 Å². The van der Waals surface area contributed by atoms with Crippen LogP contribution in [-0.4, -0.2) is 18.4 Å². The Labute approximate surface area is 145 Å². The van der Waals surface area contributed by atoms with Crippen molar-refractivity contribution in [2.24, 2.45) is 0 Å². The van der Waals surface area contributed by atoms with Gasteiger partial charge in [0.25, 0.3) is 10.0 Å². The van der Waals surface area contributed by atoms with E-state index in [4.69, 9.17) is 11.6 Å². The van der Waals surface area contributed by atoms with Crippen molar-refractivity contribution in [1.82, 2.24) is 9.97 Å². The van der Waals surface area contributed by atoms with Gasteiger partial charge in [-0.1, -0.05) is 17.7 Å². The molecule has 0 bridgehead atoms. The van der Waals surface area contributed by atoms with Gasteiger partial charge in [0.15, 0.2) is 5.82 Å². The van der Waals surface area contributed by atoms with Crippen LogP contribution < -0.4 is 4.72 Å². The molecule has 2 aromatic carbocycles. The Bertz CT molecular complexity index is 946. The molecule has 0 amide bonds. The molecule has 22 heavy (non-hydrogen) atoms. The van der Waals surface area contributed by atoms with Crippen molar-refractivity contribution in [2.45, 2.75) is 4.90 Å². The third-order valence-corrected chi connectivity index (χ3v) is 5.28. The predicted molar refractivity (Wildman–Crippen MR) is 94.5 cm³/mol. The van der Waals surface area contributed by atoms with Crippen molar-refractivity contribution in [3.8, 4) is 0 Å². The minimum atomic E-state index is -3.70. The topological polar surface area (TPSA) is 72.0 Å². The zero-order valence-electron chi connectivity index (χ0n) is 11.0. The van der Waals surface area contributed by atoms with Crippen LogP contribution in [0.1, 0.15) is 0 Å². The molecule has 112 valence electrons. The second kappa shape index (κ2) is 5.98. The minimum absolute atomic E-state index is 0.147. The van der Waals surface area contributed by atoms with E-state index in [9.17, 15) is 8.42 Å². The van der Waals surface area contributed by atoms with Gasteiger partial charge in [-0.2, -0.15) is 0 Å². The molecule has 0 unspecified atom stereocenters. The van der Waals surface area contributed by atoms with E-state index in [1.165, 1.54) is 18.3 Å². The largest absolute Gasteiger partial charge is 0.263 e. The monoisotopic (exact) mass is 445 g/mol. The number of halogens is 2. The summed E-state index contributed by atoms with van der Waals surface area (Å²) in [6.45, 7) is 0. The van der Waals surface area contributed by atoms with Crippen LogP contribution in [0, 0.1) is 3.57 Å². The van der Waals surface area contributed by atoms with E-state index in [-0.39, 0.29) is 10.7 Å². The number of aromatic nitrogens is 2. The van der Waals surface area contributed by atoms with Crippen molar-refractivity contribution in [3.63, 3.8) is 0 Å². The number of para-hydroxylation sites is 1. The molecule has 0 spiro atoms. The quantitative estimate of drug-likeness (QED) is 0.624. The summed E-state index contributed by atoms with van der Waals surface area (Å²) in [4.78, 5) is 8.54. The Kier molecular flexibility index (Phi) is 4.20. The third-order valence-electron chi connectivity index (χ3n) is 2.89. The highest BCUT2D eigenvalue weighted by Gasteiger charge is 2.15. The summed E-state index contributed by atoms with van der Waals surface area (Å²) in [6.07, 6.45) is 1.35. The van der Waals surface area contributed by atoms with Gasteiger partial charge in [-0.3, -0.25) is 4.72 Å². The summed E-state index contributed by atoms with van der Waals surface area (Å²) in [6, 6.07) is 11.7. The van der Waals surface area contributed by atoms with Crippen LogP contribution in [-0.2, 0) is 10.0 Å². The average molecular weight is 446 g/mol. The molecule has 3 rings (SSSR count). The smallest absolute Gasteiger partial charge is 0.262 e. The molecule has 0 aliphatic carbocycles. The number of hydrogen-bond donors (Lipinski definition) is 1. The van der Waals surface area contributed by atoms with Crippen molar-refractivity contribution < 1.29 is 8.42 Å². The first-order valence-corrected chi connectivity index (χ1v) is 9.09. The van der Waals surface area contributed by atoms with Gasteiger partial charge in [-0.25, -0.2) is 18.4 Å². The van der Waals surface area contributed by atoms with E-state index in [1.54, 1.807) is 30.3 Å².